The monoisotopic (exact) mass is 316 g/mol. The maximum Gasteiger partial charge on any atom is 0.412 e. The van der Waals surface area contributed by atoms with Crippen LogP contribution in [0.3, 0.4) is 0 Å². The van der Waals surface area contributed by atoms with Crippen LogP contribution in [0.5, 0.6) is 0 Å². The summed E-state index contributed by atoms with van der Waals surface area (Å²) in [7, 11) is 0. The van der Waals surface area contributed by atoms with Crippen molar-refractivity contribution in [3.63, 3.8) is 0 Å². The summed E-state index contributed by atoms with van der Waals surface area (Å²) in [5.74, 6) is -0.559. The summed E-state index contributed by atoms with van der Waals surface area (Å²) < 4.78 is 5.79. The van der Waals surface area contributed by atoms with Gasteiger partial charge in [0.2, 0.25) is 0 Å². The molecule has 0 fully saturated rings. The fraction of sp³-hybridized carbons (Fsp3) is 0.188. The van der Waals surface area contributed by atoms with Crippen molar-refractivity contribution in [3.05, 3.63) is 64.6 Å². The van der Waals surface area contributed by atoms with Crippen LogP contribution in [0.25, 0.3) is 0 Å². The zero-order chi connectivity index (χ0) is 16.7. The summed E-state index contributed by atoms with van der Waals surface area (Å²) in [5.41, 5.74) is 0.116. The lowest BCUT2D eigenvalue weighted by atomic mass is 10.2. The molecule has 1 N–H and O–H groups in total. The minimum absolute atomic E-state index is 0.0468. The Bertz CT molecular complexity index is 740. The van der Waals surface area contributed by atoms with E-state index in [0.29, 0.717) is 0 Å². The highest BCUT2D eigenvalue weighted by Crippen LogP contribution is 2.03. The highest BCUT2D eigenvalue weighted by atomic mass is 16.7. The number of hydrogen-bond acceptors (Lipinski definition) is 5. The molecule has 0 unspecified atom stereocenters. The van der Waals surface area contributed by atoms with Gasteiger partial charge >= 0.3 is 17.6 Å². The molecule has 1 aromatic heterocycles. The van der Waals surface area contributed by atoms with Crippen LogP contribution in [0.2, 0.25) is 0 Å². The van der Waals surface area contributed by atoms with E-state index in [9.17, 15) is 14.4 Å². The van der Waals surface area contributed by atoms with Gasteiger partial charge in [-0.15, -0.1) is 4.73 Å². The first-order chi connectivity index (χ1) is 11.1. The lowest BCUT2D eigenvalue weighted by Crippen LogP contribution is -2.32. The van der Waals surface area contributed by atoms with Crippen molar-refractivity contribution in [1.29, 1.82) is 0 Å². The standard InChI is InChI=1S/C16H16N2O5/c1-2-14(19)23-18-10-6-9-13(15(18)20)17-16(21)22-11-12-7-4-3-5-8-12/h3-10H,2,11H2,1H3,(H,17,21). The van der Waals surface area contributed by atoms with Crippen molar-refractivity contribution < 1.29 is 19.2 Å². The summed E-state index contributed by atoms with van der Waals surface area (Å²) in [5, 5.41) is 2.33. The van der Waals surface area contributed by atoms with Crippen LogP contribution in [0.1, 0.15) is 18.9 Å². The second-order valence-corrected chi connectivity index (χ2v) is 4.56. The van der Waals surface area contributed by atoms with Crippen LogP contribution in [0, 0.1) is 0 Å². The van der Waals surface area contributed by atoms with Crippen LogP contribution in [-0.4, -0.2) is 16.8 Å². The van der Waals surface area contributed by atoms with Gasteiger partial charge in [-0.05, 0) is 17.7 Å². The van der Waals surface area contributed by atoms with Gasteiger partial charge < -0.3 is 9.57 Å². The Kier molecular flexibility index (Phi) is 5.51. The summed E-state index contributed by atoms with van der Waals surface area (Å²) in [6.07, 6.45) is 0.644. The lowest BCUT2D eigenvalue weighted by molar-refractivity contribution is -0.144. The fourth-order valence-electron chi connectivity index (χ4n) is 1.69. The molecule has 0 aliphatic carbocycles. The molecule has 7 heteroatoms. The van der Waals surface area contributed by atoms with Gasteiger partial charge in [-0.2, -0.15) is 0 Å². The number of ether oxygens (including phenoxy) is 1. The van der Waals surface area contributed by atoms with Gasteiger partial charge in [-0.25, -0.2) is 9.59 Å². The Labute approximate surface area is 132 Å². The summed E-state index contributed by atoms with van der Waals surface area (Å²) in [6, 6.07) is 12.0. The van der Waals surface area contributed by atoms with E-state index in [1.165, 1.54) is 18.3 Å². The molecule has 7 nitrogen and oxygen atoms in total. The Morgan fingerprint density at radius 2 is 1.87 bits per heavy atom. The van der Waals surface area contributed by atoms with Crippen molar-refractivity contribution in [2.75, 3.05) is 5.32 Å². The first-order valence-corrected chi connectivity index (χ1v) is 7.00. The molecular formula is C16H16N2O5. The third-order valence-electron chi connectivity index (χ3n) is 2.85. The van der Waals surface area contributed by atoms with Crippen LogP contribution in [-0.2, 0) is 16.1 Å². The van der Waals surface area contributed by atoms with Crippen LogP contribution in [0.4, 0.5) is 10.5 Å². The van der Waals surface area contributed by atoms with Crippen molar-refractivity contribution in [1.82, 2.24) is 4.73 Å². The molecular weight excluding hydrogens is 300 g/mol. The molecule has 1 amide bonds. The highest BCUT2D eigenvalue weighted by molar-refractivity contribution is 5.84. The Balaban J connectivity index is 1.99. The Hall–Kier alpha value is -3.09. The van der Waals surface area contributed by atoms with E-state index in [0.717, 1.165) is 10.3 Å². The second-order valence-electron chi connectivity index (χ2n) is 4.56. The molecule has 0 saturated carbocycles. The van der Waals surface area contributed by atoms with Gasteiger partial charge in [0.05, 0.1) is 0 Å². The van der Waals surface area contributed by atoms with Gasteiger partial charge in [0.25, 0.3) is 0 Å². The largest absolute Gasteiger partial charge is 0.444 e. The molecule has 0 bridgehead atoms. The van der Waals surface area contributed by atoms with Crippen LogP contribution >= 0.6 is 0 Å². The SMILES string of the molecule is CCC(=O)On1cccc(NC(=O)OCc2ccccc2)c1=O. The van der Waals surface area contributed by atoms with Gasteiger partial charge in [-0.3, -0.25) is 10.1 Å². The zero-order valence-electron chi connectivity index (χ0n) is 12.5. The molecule has 120 valence electrons. The van der Waals surface area contributed by atoms with E-state index >= 15 is 0 Å². The topological polar surface area (TPSA) is 86.6 Å². The Morgan fingerprint density at radius 1 is 1.13 bits per heavy atom. The van der Waals surface area contributed by atoms with Gasteiger partial charge in [-0.1, -0.05) is 37.3 Å². The van der Waals surface area contributed by atoms with Crippen molar-refractivity contribution in [3.8, 4) is 0 Å². The molecule has 0 aliphatic rings. The second kappa shape index (κ2) is 7.79. The maximum atomic E-state index is 12.0. The minimum Gasteiger partial charge on any atom is -0.444 e. The average molecular weight is 316 g/mol. The average Bonchev–Trinajstić information content (AvgIpc) is 2.57. The van der Waals surface area contributed by atoms with Crippen molar-refractivity contribution in [2.24, 2.45) is 0 Å². The van der Waals surface area contributed by atoms with E-state index in [2.05, 4.69) is 5.32 Å². The first kappa shape index (κ1) is 16.3. The highest BCUT2D eigenvalue weighted by Gasteiger charge is 2.10. The maximum absolute atomic E-state index is 12.0. The number of anilines is 1. The molecule has 0 aliphatic heterocycles. The number of aromatic nitrogens is 1. The number of carbonyl (C=O) groups excluding carboxylic acids is 2. The van der Waals surface area contributed by atoms with Gasteiger partial charge in [0, 0.05) is 12.6 Å². The third kappa shape index (κ3) is 4.70. The first-order valence-electron chi connectivity index (χ1n) is 7.00. The number of carbonyl (C=O) groups is 2. The molecule has 0 radical (unpaired) electrons. The van der Waals surface area contributed by atoms with Crippen LogP contribution in [0.15, 0.2) is 53.5 Å². The number of hydrogen-bond donors (Lipinski definition) is 1. The number of pyridine rings is 1. The van der Waals surface area contributed by atoms with E-state index < -0.39 is 17.6 Å². The molecule has 23 heavy (non-hydrogen) atoms. The molecule has 2 aromatic rings. The van der Waals surface area contributed by atoms with E-state index in [4.69, 9.17) is 9.57 Å². The molecule has 1 aromatic carbocycles. The smallest absolute Gasteiger partial charge is 0.412 e. The van der Waals surface area contributed by atoms with Crippen molar-refractivity contribution in [2.45, 2.75) is 20.0 Å². The third-order valence-corrected chi connectivity index (χ3v) is 2.85. The quantitative estimate of drug-likeness (QED) is 0.911. The normalized spacial score (nSPS) is 9.96. The number of nitrogens with one attached hydrogen (secondary N) is 1. The summed E-state index contributed by atoms with van der Waals surface area (Å²) in [6.45, 7) is 1.69. The molecule has 0 saturated heterocycles. The minimum atomic E-state index is -0.773. The molecule has 1 heterocycles. The van der Waals surface area contributed by atoms with Crippen LogP contribution < -0.4 is 15.7 Å². The molecule has 0 atom stereocenters. The van der Waals surface area contributed by atoms with E-state index in [1.54, 1.807) is 6.92 Å². The molecule has 0 spiro atoms. The predicted molar refractivity (Wildman–Crippen MR) is 82.8 cm³/mol. The van der Waals surface area contributed by atoms with E-state index in [-0.39, 0.29) is 18.7 Å². The fourth-order valence-corrected chi connectivity index (χ4v) is 1.69. The Morgan fingerprint density at radius 3 is 2.57 bits per heavy atom. The predicted octanol–water partition coefficient (Wildman–Crippen LogP) is 1.96. The number of nitrogens with zero attached hydrogens (tertiary/aromatic N) is 1. The zero-order valence-corrected chi connectivity index (χ0v) is 12.5. The van der Waals surface area contributed by atoms with Gasteiger partial charge in [0.1, 0.15) is 12.3 Å². The lowest BCUT2D eigenvalue weighted by Gasteiger charge is -2.09. The summed E-state index contributed by atoms with van der Waals surface area (Å²) in [4.78, 5) is 39.8. The number of benzene rings is 1. The van der Waals surface area contributed by atoms with Gasteiger partial charge in [0.15, 0.2) is 0 Å². The van der Waals surface area contributed by atoms with E-state index in [1.807, 2.05) is 30.3 Å². The molecule has 2 rings (SSSR count). The number of rotatable bonds is 5. The number of amides is 1. The van der Waals surface area contributed by atoms with Crippen molar-refractivity contribution >= 4 is 17.7 Å². The summed E-state index contributed by atoms with van der Waals surface area (Å²) >= 11 is 0.